The van der Waals surface area contributed by atoms with Crippen molar-refractivity contribution in [3.63, 3.8) is 0 Å². The number of ketones is 1. The van der Waals surface area contributed by atoms with Gasteiger partial charge in [-0.15, -0.1) is 0 Å². The molecule has 1 atom stereocenters. The first-order valence-corrected chi connectivity index (χ1v) is 11.3. The van der Waals surface area contributed by atoms with Gasteiger partial charge in [0.15, 0.2) is 5.78 Å². The van der Waals surface area contributed by atoms with Gasteiger partial charge in [0.1, 0.15) is 18.2 Å². The number of rotatable bonds is 4. The molecule has 0 saturated carbocycles. The van der Waals surface area contributed by atoms with Crippen LogP contribution in [-0.4, -0.2) is 29.0 Å². The standard InChI is InChI=1S/C29H20F2N2O3/c30-22-12-10-18(11-13-22)27-24-16-23(31)14-15-25(24)32-26(34)17-33(27)29(36)21-8-6-20(7-9-21)28(35)19-4-2-1-3-5-19/h1-16,27H,17H2,(H,32,34)/t27-/m0/s1. The second kappa shape index (κ2) is 9.54. The van der Waals surface area contributed by atoms with Crippen LogP contribution in [0.2, 0.25) is 0 Å². The van der Waals surface area contributed by atoms with Crippen LogP contribution < -0.4 is 5.32 Å². The molecule has 1 aliphatic heterocycles. The second-order valence-corrected chi connectivity index (χ2v) is 8.44. The maximum atomic E-state index is 14.3. The maximum Gasteiger partial charge on any atom is 0.255 e. The van der Waals surface area contributed by atoms with Gasteiger partial charge in [-0.2, -0.15) is 0 Å². The number of halogens is 2. The second-order valence-electron chi connectivity index (χ2n) is 8.44. The molecule has 5 rings (SSSR count). The SMILES string of the molecule is O=C1CN(C(=O)c2ccc(C(=O)c3ccccc3)cc2)[C@@H](c2ccc(F)cc2)c2cc(F)ccc2N1. The highest BCUT2D eigenvalue weighted by Crippen LogP contribution is 2.37. The first kappa shape index (κ1) is 23.1. The summed E-state index contributed by atoms with van der Waals surface area (Å²) in [7, 11) is 0. The summed E-state index contributed by atoms with van der Waals surface area (Å²) >= 11 is 0. The summed E-state index contributed by atoms with van der Waals surface area (Å²) in [6, 6.07) is 23.5. The third kappa shape index (κ3) is 4.51. The van der Waals surface area contributed by atoms with E-state index in [0.29, 0.717) is 27.9 Å². The van der Waals surface area contributed by atoms with E-state index in [1.165, 1.54) is 59.5 Å². The van der Waals surface area contributed by atoms with E-state index in [-0.39, 0.29) is 17.9 Å². The zero-order valence-electron chi connectivity index (χ0n) is 18.9. The van der Waals surface area contributed by atoms with E-state index in [1.807, 2.05) is 6.07 Å². The molecule has 0 bridgehead atoms. The van der Waals surface area contributed by atoms with E-state index in [9.17, 15) is 23.2 Å². The Bertz CT molecular complexity index is 1450. The predicted molar refractivity (Wildman–Crippen MR) is 131 cm³/mol. The summed E-state index contributed by atoms with van der Waals surface area (Å²) in [6.07, 6.45) is 0. The van der Waals surface area contributed by atoms with Crippen LogP contribution in [0, 0.1) is 11.6 Å². The van der Waals surface area contributed by atoms with E-state index >= 15 is 0 Å². The Kier molecular flexibility index (Phi) is 6.12. The van der Waals surface area contributed by atoms with Crippen molar-refractivity contribution in [1.29, 1.82) is 0 Å². The minimum atomic E-state index is -0.853. The molecule has 0 radical (unpaired) electrons. The summed E-state index contributed by atoms with van der Waals surface area (Å²) in [5, 5.41) is 2.72. The molecule has 178 valence electrons. The first-order chi connectivity index (χ1) is 17.4. The van der Waals surface area contributed by atoms with Gasteiger partial charge in [-0.05, 0) is 48.0 Å². The Morgan fingerprint density at radius 1 is 0.750 bits per heavy atom. The van der Waals surface area contributed by atoms with Crippen molar-refractivity contribution in [2.75, 3.05) is 11.9 Å². The van der Waals surface area contributed by atoms with Crippen LogP contribution in [0.1, 0.15) is 43.4 Å². The lowest BCUT2D eigenvalue weighted by molar-refractivity contribution is -0.117. The number of benzene rings is 4. The van der Waals surface area contributed by atoms with Crippen LogP contribution in [0.4, 0.5) is 14.5 Å². The number of carbonyl (C=O) groups excluding carboxylic acids is 3. The van der Waals surface area contributed by atoms with Crippen LogP contribution in [0.25, 0.3) is 0 Å². The van der Waals surface area contributed by atoms with Crippen LogP contribution in [0.3, 0.4) is 0 Å². The molecule has 0 aromatic heterocycles. The number of hydrogen-bond acceptors (Lipinski definition) is 3. The lowest BCUT2D eigenvalue weighted by atomic mass is 9.95. The van der Waals surface area contributed by atoms with Gasteiger partial charge in [-0.1, -0.05) is 54.6 Å². The quantitative estimate of drug-likeness (QED) is 0.397. The summed E-state index contributed by atoms with van der Waals surface area (Å²) in [5.74, 6) is -2.12. The number of anilines is 1. The fraction of sp³-hybridized carbons (Fsp3) is 0.0690. The van der Waals surface area contributed by atoms with Crippen molar-refractivity contribution in [1.82, 2.24) is 4.90 Å². The van der Waals surface area contributed by atoms with E-state index in [1.54, 1.807) is 36.4 Å². The highest BCUT2D eigenvalue weighted by Gasteiger charge is 2.34. The highest BCUT2D eigenvalue weighted by molar-refractivity contribution is 6.09. The summed E-state index contributed by atoms with van der Waals surface area (Å²) in [5.41, 5.74) is 2.44. The number of nitrogens with zero attached hydrogens (tertiary/aromatic N) is 1. The fourth-order valence-corrected chi connectivity index (χ4v) is 4.36. The molecule has 0 fully saturated rings. The molecular weight excluding hydrogens is 462 g/mol. The van der Waals surface area contributed by atoms with Crippen molar-refractivity contribution >= 4 is 23.3 Å². The Morgan fingerprint density at radius 3 is 2.06 bits per heavy atom. The molecule has 0 spiro atoms. The number of amides is 2. The van der Waals surface area contributed by atoms with Gasteiger partial charge < -0.3 is 10.2 Å². The average molecular weight is 482 g/mol. The van der Waals surface area contributed by atoms with Crippen LogP contribution >= 0.6 is 0 Å². The zero-order chi connectivity index (χ0) is 25.2. The Hall–Kier alpha value is -4.65. The molecule has 4 aromatic carbocycles. The van der Waals surface area contributed by atoms with Crippen molar-refractivity contribution in [2.24, 2.45) is 0 Å². The monoisotopic (exact) mass is 482 g/mol. The van der Waals surface area contributed by atoms with Crippen molar-refractivity contribution < 1.29 is 23.2 Å². The number of carbonyl (C=O) groups is 3. The largest absolute Gasteiger partial charge is 0.324 e. The van der Waals surface area contributed by atoms with E-state index in [0.717, 1.165) is 0 Å². The van der Waals surface area contributed by atoms with Gasteiger partial charge in [0.25, 0.3) is 5.91 Å². The molecule has 1 N–H and O–H groups in total. The molecule has 0 saturated heterocycles. The Morgan fingerprint density at radius 2 is 1.36 bits per heavy atom. The maximum absolute atomic E-state index is 14.3. The van der Waals surface area contributed by atoms with Crippen molar-refractivity contribution in [3.8, 4) is 0 Å². The Balaban J connectivity index is 1.54. The lowest BCUT2D eigenvalue weighted by Crippen LogP contribution is -2.39. The molecule has 36 heavy (non-hydrogen) atoms. The molecule has 2 amide bonds. The third-order valence-corrected chi connectivity index (χ3v) is 6.08. The van der Waals surface area contributed by atoms with Crippen molar-refractivity contribution in [2.45, 2.75) is 6.04 Å². The minimum Gasteiger partial charge on any atom is -0.324 e. The lowest BCUT2D eigenvalue weighted by Gasteiger charge is -2.30. The molecule has 1 aliphatic rings. The van der Waals surface area contributed by atoms with Gasteiger partial charge in [0.05, 0.1) is 6.04 Å². The van der Waals surface area contributed by atoms with Crippen LogP contribution in [0.15, 0.2) is 97.1 Å². The van der Waals surface area contributed by atoms with Gasteiger partial charge in [0, 0.05) is 27.9 Å². The van der Waals surface area contributed by atoms with E-state index in [2.05, 4.69) is 5.32 Å². The average Bonchev–Trinajstić information content (AvgIpc) is 3.04. The Labute approximate surface area is 206 Å². The molecule has 0 unspecified atom stereocenters. The number of fused-ring (bicyclic) bond motifs is 1. The topological polar surface area (TPSA) is 66.5 Å². The van der Waals surface area contributed by atoms with Gasteiger partial charge in [-0.25, -0.2) is 8.78 Å². The van der Waals surface area contributed by atoms with Gasteiger partial charge in [0.2, 0.25) is 5.91 Å². The molecule has 4 aromatic rings. The number of hydrogen-bond donors (Lipinski definition) is 1. The fourth-order valence-electron chi connectivity index (χ4n) is 4.36. The van der Waals surface area contributed by atoms with Crippen LogP contribution in [0.5, 0.6) is 0 Å². The molecular formula is C29H20F2N2O3. The van der Waals surface area contributed by atoms with Gasteiger partial charge in [-0.3, -0.25) is 14.4 Å². The highest BCUT2D eigenvalue weighted by atomic mass is 19.1. The first-order valence-electron chi connectivity index (χ1n) is 11.3. The smallest absolute Gasteiger partial charge is 0.255 e. The van der Waals surface area contributed by atoms with Crippen LogP contribution in [-0.2, 0) is 4.79 Å². The minimum absolute atomic E-state index is 0.183. The molecule has 7 heteroatoms. The third-order valence-electron chi connectivity index (χ3n) is 6.08. The zero-order valence-corrected chi connectivity index (χ0v) is 18.9. The number of nitrogens with one attached hydrogen (secondary N) is 1. The summed E-state index contributed by atoms with van der Waals surface area (Å²) in [6.45, 7) is -0.304. The van der Waals surface area contributed by atoms with E-state index in [4.69, 9.17) is 0 Å². The van der Waals surface area contributed by atoms with Gasteiger partial charge >= 0.3 is 0 Å². The summed E-state index contributed by atoms with van der Waals surface area (Å²) in [4.78, 5) is 40.5. The molecule has 1 heterocycles. The normalized spacial score (nSPS) is 15.0. The van der Waals surface area contributed by atoms with E-state index < -0.39 is 29.5 Å². The van der Waals surface area contributed by atoms with Crippen molar-refractivity contribution in [3.05, 3.63) is 137 Å². The molecule has 5 nitrogen and oxygen atoms in total. The molecule has 0 aliphatic carbocycles. The predicted octanol–water partition coefficient (Wildman–Crippen LogP) is 5.38. The summed E-state index contributed by atoms with van der Waals surface area (Å²) < 4.78 is 27.9.